The van der Waals surface area contributed by atoms with E-state index < -0.39 is 12.0 Å². The number of aromatic nitrogens is 5. The van der Waals surface area contributed by atoms with Crippen LogP contribution in [0.15, 0.2) is 30.7 Å². The Bertz CT molecular complexity index is 1250. The van der Waals surface area contributed by atoms with Gasteiger partial charge in [-0.3, -0.25) is 4.79 Å². The first-order chi connectivity index (χ1) is 16.7. The van der Waals surface area contributed by atoms with Gasteiger partial charge in [-0.25, -0.2) is 19.9 Å². The predicted molar refractivity (Wildman–Crippen MR) is 119 cm³/mol. The number of ether oxygens (including phenoxy) is 1. The van der Waals surface area contributed by atoms with E-state index >= 15 is 0 Å². The van der Waals surface area contributed by atoms with Crippen molar-refractivity contribution in [2.24, 2.45) is 0 Å². The van der Waals surface area contributed by atoms with Crippen LogP contribution in [0.5, 0.6) is 11.6 Å². The SMILES string of the molecule is C[C@H]1C(=O)N2CCCc3nc(NCc4ccc(Oc5cnc(C(F)(F)F)nc5)nc4)nc(c32)N1C. The monoisotopic (exact) mass is 486 g/mol. The van der Waals surface area contributed by atoms with Crippen LogP contribution in [0.4, 0.5) is 30.6 Å². The molecule has 1 amide bonds. The van der Waals surface area contributed by atoms with Crippen LogP contribution in [0.2, 0.25) is 0 Å². The molecule has 3 aromatic rings. The van der Waals surface area contributed by atoms with Gasteiger partial charge < -0.3 is 19.9 Å². The number of rotatable bonds is 5. The van der Waals surface area contributed by atoms with Crippen molar-refractivity contribution in [3.63, 3.8) is 0 Å². The summed E-state index contributed by atoms with van der Waals surface area (Å²) in [5.74, 6) is 0.228. The summed E-state index contributed by atoms with van der Waals surface area (Å²) >= 11 is 0. The molecule has 35 heavy (non-hydrogen) atoms. The van der Waals surface area contributed by atoms with Crippen molar-refractivity contribution < 1.29 is 22.7 Å². The quantitative estimate of drug-likeness (QED) is 0.581. The largest absolute Gasteiger partial charge is 0.451 e. The van der Waals surface area contributed by atoms with Gasteiger partial charge in [0, 0.05) is 32.4 Å². The molecule has 1 N–H and O–H groups in total. The van der Waals surface area contributed by atoms with Gasteiger partial charge in [0.2, 0.25) is 23.6 Å². The van der Waals surface area contributed by atoms with Crippen LogP contribution in [0, 0.1) is 0 Å². The Morgan fingerprint density at radius 3 is 2.60 bits per heavy atom. The van der Waals surface area contributed by atoms with Gasteiger partial charge in [-0.15, -0.1) is 0 Å². The number of aryl methyl sites for hydroxylation is 1. The number of amides is 1. The number of hydrogen-bond acceptors (Lipinski definition) is 9. The lowest BCUT2D eigenvalue weighted by atomic mass is 10.0. The van der Waals surface area contributed by atoms with Gasteiger partial charge in [0.25, 0.3) is 0 Å². The zero-order chi connectivity index (χ0) is 24.7. The van der Waals surface area contributed by atoms with E-state index in [9.17, 15) is 18.0 Å². The van der Waals surface area contributed by atoms with Gasteiger partial charge in [-0.05, 0) is 25.3 Å². The number of carbonyl (C=O) groups is 1. The van der Waals surface area contributed by atoms with Crippen molar-refractivity contribution in [3.05, 3.63) is 47.8 Å². The highest BCUT2D eigenvalue weighted by Gasteiger charge is 2.39. The minimum Gasteiger partial charge on any atom is -0.436 e. The molecule has 5 rings (SSSR count). The maximum Gasteiger partial charge on any atom is 0.451 e. The summed E-state index contributed by atoms with van der Waals surface area (Å²) in [6.07, 6.45) is 0.464. The molecular formula is C22H21F3N8O2. The molecular weight excluding hydrogens is 465 g/mol. The second-order valence-electron chi connectivity index (χ2n) is 8.25. The van der Waals surface area contributed by atoms with Gasteiger partial charge in [0.15, 0.2) is 11.6 Å². The van der Waals surface area contributed by atoms with Gasteiger partial charge in [0.1, 0.15) is 11.7 Å². The van der Waals surface area contributed by atoms with Gasteiger partial charge in [-0.1, -0.05) is 6.07 Å². The maximum atomic E-state index is 12.7. The van der Waals surface area contributed by atoms with Gasteiger partial charge in [-0.2, -0.15) is 18.2 Å². The third-order valence-corrected chi connectivity index (χ3v) is 5.89. The van der Waals surface area contributed by atoms with Crippen molar-refractivity contribution in [1.29, 1.82) is 0 Å². The van der Waals surface area contributed by atoms with E-state index in [0.29, 0.717) is 19.0 Å². The number of alkyl halides is 3. The van der Waals surface area contributed by atoms with Crippen LogP contribution >= 0.6 is 0 Å². The van der Waals surface area contributed by atoms with Crippen molar-refractivity contribution in [3.8, 4) is 11.6 Å². The summed E-state index contributed by atoms with van der Waals surface area (Å²) in [4.78, 5) is 36.3. The normalized spacial score (nSPS) is 17.3. The van der Waals surface area contributed by atoms with E-state index in [0.717, 1.165) is 48.0 Å². The Morgan fingerprint density at radius 1 is 1.14 bits per heavy atom. The Hall–Kier alpha value is -4.03. The standard InChI is InChI=1S/C22H21F3N8O2/c1-12-19(34)33-7-3-4-15-17(33)18(32(12)2)31-21(30-15)29-9-13-5-6-16(26-8-13)35-14-10-27-20(28-11-14)22(23,24)25/h5-6,8,10-12H,3-4,7,9H2,1-2H3,(H,29,30,31)/t12-/m0/s1. The minimum atomic E-state index is -4.62. The molecule has 10 nitrogen and oxygen atoms in total. The van der Waals surface area contributed by atoms with Gasteiger partial charge >= 0.3 is 6.18 Å². The second kappa shape index (κ2) is 8.64. The highest BCUT2D eigenvalue weighted by atomic mass is 19.4. The number of carbonyl (C=O) groups excluding carboxylic acids is 1. The molecule has 2 aliphatic heterocycles. The van der Waals surface area contributed by atoms with E-state index in [2.05, 4.69) is 30.2 Å². The minimum absolute atomic E-state index is 0.0404. The topological polar surface area (TPSA) is 109 Å². The Labute approximate surface area is 198 Å². The van der Waals surface area contributed by atoms with Crippen LogP contribution in [-0.4, -0.2) is 50.5 Å². The molecule has 0 aromatic carbocycles. The van der Waals surface area contributed by atoms with Crippen LogP contribution in [0.1, 0.15) is 30.4 Å². The van der Waals surface area contributed by atoms with Crippen LogP contribution in [0.3, 0.4) is 0 Å². The predicted octanol–water partition coefficient (Wildman–Crippen LogP) is 3.20. The van der Waals surface area contributed by atoms with E-state index in [1.807, 2.05) is 18.9 Å². The molecule has 2 aliphatic rings. The van der Waals surface area contributed by atoms with Crippen molar-refractivity contribution in [2.75, 3.05) is 28.7 Å². The average Bonchev–Trinajstić information content (AvgIpc) is 2.85. The second-order valence-corrected chi connectivity index (χ2v) is 8.25. The molecule has 3 aromatic heterocycles. The van der Waals surface area contributed by atoms with E-state index in [-0.39, 0.29) is 23.6 Å². The van der Waals surface area contributed by atoms with Crippen molar-refractivity contribution in [2.45, 2.75) is 38.5 Å². The fourth-order valence-corrected chi connectivity index (χ4v) is 3.97. The summed E-state index contributed by atoms with van der Waals surface area (Å²) < 4.78 is 43.1. The van der Waals surface area contributed by atoms with Crippen molar-refractivity contribution in [1.82, 2.24) is 24.9 Å². The molecule has 0 fully saturated rings. The Balaban J connectivity index is 1.26. The number of hydrogen-bond donors (Lipinski definition) is 1. The average molecular weight is 486 g/mol. The molecule has 0 spiro atoms. The molecule has 5 heterocycles. The number of anilines is 3. The fraction of sp³-hybridized carbons (Fsp3) is 0.364. The number of pyridine rings is 1. The molecule has 1 atom stereocenters. The number of nitrogens with one attached hydrogen (secondary N) is 1. The highest BCUT2D eigenvalue weighted by Crippen LogP contribution is 2.39. The van der Waals surface area contributed by atoms with Crippen molar-refractivity contribution >= 4 is 23.4 Å². The molecule has 0 aliphatic carbocycles. The lowest BCUT2D eigenvalue weighted by molar-refractivity contribution is -0.145. The molecule has 0 radical (unpaired) electrons. The number of nitrogens with zero attached hydrogens (tertiary/aromatic N) is 7. The number of likely N-dealkylation sites (N-methyl/N-ethyl adjacent to an activating group) is 1. The molecule has 0 saturated carbocycles. The van der Waals surface area contributed by atoms with E-state index in [1.165, 1.54) is 0 Å². The first-order valence-corrected chi connectivity index (χ1v) is 10.9. The van der Waals surface area contributed by atoms with Crippen LogP contribution in [0.25, 0.3) is 0 Å². The first-order valence-electron chi connectivity index (χ1n) is 10.9. The van der Waals surface area contributed by atoms with E-state index in [4.69, 9.17) is 4.74 Å². The molecule has 0 bridgehead atoms. The lowest BCUT2D eigenvalue weighted by Gasteiger charge is -2.41. The Kier molecular flexibility index (Phi) is 5.61. The molecule has 182 valence electrons. The van der Waals surface area contributed by atoms with Crippen LogP contribution < -0.4 is 19.9 Å². The maximum absolute atomic E-state index is 12.7. The van der Waals surface area contributed by atoms with E-state index in [1.54, 1.807) is 23.2 Å². The summed E-state index contributed by atoms with van der Waals surface area (Å²) in [6, 6.07) is 3.05. The van der Waals surface area contributed by atoms with Crippen LogP contribution in [-0.2, 0) is 23.9 Å². The summed E-state index contributed by atoms with van der Waals surface area (Å²) in [6.45, 7) is 2.92. The fourth-order valence-electron chi connectivity index (χ4n) is 3.97. The smallest absolute Gasteiger partial charge is 0.436 e. The summed E-state index contributed by atoms with van der Waals surface area (Å²) in [5.41, 5.74) is 2.45. The molecule has 0 saturated heterocycles. The first kappa shape index (κ1) is 22.7. The third kappa shape index (κ3) is 4.40. The summed E-state index contributed by atoms with van der Waals surface area (Å²) in [7, 11) is 1.85. The summed E-state index contributed by atoms with van der Waals surface area (Å²) in [5, 5.41) is 3.20. The third-order valence-electron chi connectivity index (χ3n) is 5.89. The highest BCUT2D eigenvalue weighted by molar-refractivity contribution is 6.05. The van der Waals surface area contributed by atoms with Gasteiger partial charge in [0.05, 0.1) is 18.1 Å². The zero-order valence-electron chi connectivity index (χ0n) is 18.9. The molecule has 13 heteroatoms. The lowest BCUT2D eigenvalue weighted by Crippen LogP contribution is -2.53. The number of halogens is 3. The molecule has 0 unspecified atom stereocenters. The zero-order valence-corrected chi connectivity index (χ0v) is 18.9. The Morgan fingerprint density at radius 2 is 1.91 bits per heavy atom.